The summed E-state index contributed by atoms with van der Waals surface area (Å²) in [6.07, 6.45) is 0. The molecule has 90 valence electrons. The SMILES string of the molecule is CC[N+]1(C)CCOCC1.COCC(=O)[O-]. The molecular weight excluding hydrogens is 198 g/mol. The molecule has 15 heavy (non-hydrogen) atoms. The van der Waals surface area contributed by atoms with Crippen molar-refractivity contribution < 1.29 is 23.9 Å². The maximum absolute atomic E-state index is 9.36. The summed E-state index contributed by atoms with van der Waals surface area (Å²) in [6.45, 7) is 7.44. The fraction of sp³-hybridized carbons (Fsp3) is 0.900. The minimum absolute atomic E-state index is 0.319. The van der Waals surface area contributed by atoms with Crippen molar-refractivity contribution in [3.63, 3.8) is 0 Å². The number of ether oxygens (including phenoxy) is 2. The number of carbonyl (C=O) groups is 1. The van der Waals surface area contributed by atoms with E-state index in [0.717, 1.165) is 13.2 Å². The molecule has 1 saturated heterocycles. The second-order valence-electron chi connectivity index (χ2n) is 3.80. The number of rotatable bonds is 3. The molecule has 0 aliphatic carbocycles. The monoisotopic (exact) mass is 219 g/mol. The second kappa shape index (κ2) is 7.62. The molecule has 0 unspecified atom stereocenters. The van der Waals surface area contributed by atoms with E-state index in [2.05, 4.69) is 18.7 Å². The molecule has 1 aliphatic rings. The number of methoxy groups -OCH3 is 1. The number of carboxylic acid groups (broad SMARTS) is 1. The predicted molar refractivity (Wildman–Crippen MR) is 54.2 cm³/mol. The molecular formula is C10H21NO4. The Morgan fingerprint density at radius 1 is 1.47 bits per heavy atom. The van der Waals surface area contributed by atoms with E-state index in [4.69, 9.17) is 4.74 Å². The summed E-state index contributed by atoms with van der Waals surface area (Å²) in [5.41, 5.74) is 0. The Labute approximate surface area is 91.2 Å². The van der Waals surface area contributed by atoms with Crippen molar-refractivity contribution >= 4 is 5.97 Å². The molecule has 1 fully saturated rings. The van der Waals surface area contributed by atoms with E-state index in [9.17, 15) is 9.90 Å². The van der Waals surface area contributed by atoms with Gasteiger partial charge >= 0.3 is 0 Å². The summed E-state index contributed by atoms with van der Waals surface area (Å²) < 4.78 is 10.6. The highest BCUT2D eigenvalue weighted by molar-refractivity contribution is 5.65. The lowest BCUT2D eigenvalue weighted by Gasteiger charge is -2.36. The average molecular weight is 219 g/mol. The van der Waals surface area contributed by atoms with Crippen LogP contribution in [-0.4, -0.2) is 64.1 Å². The zero-order valence-electron chi connectivity index (χ0n) is 9.82. The Kier molecular flexibility index (Phi) is 7.29. The van der Waals surface area contributed by atoms with Crippen LogP contribution in [0.4, 0.5) is 0 Å². The lowest BCUT2D eigenvalue weighted by atomic mass is 10.3. The number of likely N-dealkylation sites (N-methyl/N-ethyl adjacent to an activating group) is 1. The maximum atomic E-state index is 9.36. The number of nitrogens with zero attached hydrogens (tertiary/aromatic N) is 1. The van der Waals surface area contributed by atoms with Crippen LogP contribution in [0, 0.1) is 0 Å². The first-order valence-electron chi connectivity index (χ1n) is 5.14. The minimum atomic E-state index is -1.18. The fourth-order valence-electron chi connectivity index (χ4n) is 1.22. The average Bonchev–Trinajstić information content (AvgIpc) is 2.20. The maximum Gasteiger partial charge on any atom is 0.102 e. The molecule has 0 radical (unpaired) electrons. The van der Waals surface area contributed by atoms with Crippen molar-refractivity contribution in [2.45, 2.75) is 6.92 Å². The third-order valence-electron chi connectivity index (χ3n) is 2.58. The second-order valence-corrected chi connectivity index (χ2v) is 3.80. The molecule has 1 heterocycles. The summed E-state index contributed by atoms with van der Waals surface area (Å²) in [7, 11) is 3.60. The number of morpholine rings is 1. The van der Waals surface area contributed by atoms with Gasteiger partial charge in [-0.3, -0.25) is 0 Å². The van der Waals surface area contributed by atoms with Crippen LogP contribution in [0.3, 0.4) is 0 Å². The molecule has 0 saturated carbocycles. The number of hydrogen-bond acceptors (Lipinski definition) is 4. The van der Waals surface area contributed by atoms with E-state index in [0.29, 0.717) is 0 Å². The summed E-state index contributed by atoms with van der Waals surface area (Å²) >= 11 is 0. The van der Waals surface area contributed by atoms with Crippen molar-refractivity contribution in [3.8, 4) is 0 Å². The van der Waals surface area contributed by atoms with E-state index < -0.39 is 5.97 Å². The first-order chi connectivity index (χ1) is 7.04. The molecule has 0 N–H and O–H groups in total. The van der Waals surface area contributed by atoms with Gasteiger partial charge in [0.25, 0.3) is 0 Å². The van der Waals surface area contributed by atoms with Gasteiger partial charge in [-0.1, -0.05) is 0 Å². The third kappa shape index (κ3) is 7.30. The van der Waals surface area contributed by atoms with Crippen molar-refractivity contribution in [2.24, 2.45) is 0 Å². The van der Waals surface area contributed by atoms with Crippen molar-refractivity contribution in [3.05, 3.63) is 0 Å². The van der Waals surface area contributed by atoms with E-state index >= 15 is 0 Å². The lowest BCUT2D eigenvalue weighted by Crippen LogP contribution is -2.51. The van der Waals surface area contributed by atoms with Crippen LogP contribution in [0.1, 0.15) is 6.92 Å². The Morgan fingerprint density at radius 3 is 2.20 bits per heavy atom. The van der Waals surface area contributed by atoms with Crippen molar-refractivity contribution in [1.82, 2.24) is 0 Å². The van der Waals surface area contributed by atoms with Crippen LogP contribution in [0.15, 0.2) is 0 Å². The van der Waals surface area contributed by atoms with Gasteiger partial charge in [-0.25, -0.2) is 0 Å². The number of aliphatic carboxylic acids is 1. The first-order valence-corrected chi connectivity index (χ1v) is 5.14. The highest BCUT2D eigenvalue weighted by Gasteiger charge is 2.21. The Hall–Kier alpha value is -0.650. The normalized spacial score (nSPS) is 18.9. The van der Waals surface area contributed by atoms with Gasteiger partial charge < -0.3 is 23.9 Å². The molecule has 0 atom stereocenters. The topological polar surface area (TPSA) is 58.6 Å². The van der Waals surface area contributed by atoms with Crippen molar-refractivity contribution in [2.75, 3.05) is 53.6 Å². The van der Waals surface area contributed by atoms with Gasteiger partial charge in [0.05, 0.1) is 39.4 Å². The van der Waals surface area contributed by atoms with Crippen LogP contribution in [0.2, 0.25) is 0 Å². The standard InChI is InChI=1S/C7H16NO.C3H6O3/c1-3-8(2)4-6-9-7-5-8;1-6-2-3(4)5/h3-7H2,1-2H3;2H2,1H3,(H,4,5)/q+1;/p-1. The number of hydrogen-bond donors (Lipinski definition) is 0. The quantitative estimate of drug-likeness (QED) is 0.563. The van der Waals surface area contributed by atoms with Crippen LogP contribution < -0.4 is 5.11 Å². The zero-order valence-corrected chi connectivity index (χ0v) is 9.82. The zero-order chi connectivity index (χ0) is 11.7. The summed E-state index contributed by atoms with van der Waals surface area (Å²) in [4.78, 5) is 9.36. The summed E-state index contributed by atoms with van der Waals surface area (Å²) in [6, 6.07) is 0. The molecule has 0 aromatic rings. The fourth-order valence-corrected chi connectivity index (χ4v) is 1.22. The molecule has 0 bridgehead atoms. The molecule has 1 rings (SSSR count). The van der Waals surface area contributed by atoms with E-state index in [1.54, 1.807) is 0 Å². The summed E-state index contributed by atoms with van der Waals surface area (Å²) in [5, 5.41) is 9.36. The molecule has 0 spiro atoms. The van der Waals surface area contributed by atoms with Crippen LogP contribution in [0.5, 0.6) is 0 Å². The molecule has 0 aromatic carbocycles. The summed E-state index contributed by atoms with van der Waals surface area (Å²) in [5.74, 6) is -1.18. The van der Waals surface area contributed by atoms with E-state index in [1.807, 2.05) is 0 Å². The largest absolute Gasteiger partial charge is 0.548 e. The Morgan fingerprint density at radius 2 is 2.00 bits per heavy atom. The van der Waals surface area contributed by atoms with E-state index in [1.165, 1.54) is 31.2 Å². The van der Waals surface area contributed by atoms with Gasteiger partial charge in [-0.2, -0.15) is 0 Å². The predicted octanol–water partition coefficient (Wildman–Crippen LogP) is -1.13. The number of quaternary nitrogens is 1. The highest BCUT2D eigenvalue weighted by atomic mass is 16.5. The number of carboxylic acids is 1. The third-order valence-corrected chi connectivity index (χ3v) is 2.58. The Bertz CT molecular complexity index is 178. The van der Waals surface area contributed by atoms with Gasteiger partial charge in [-0.15, -0.1) is 0 Å². The van der Waals surface area contributed by atoms with Gasteiger partial charge in [0, 0.05) is 7.11 Å². The van der Waals surface area contributed by atoms with Crippen LogP contribution in [0.25, 0.3) is 0 Å². The molecule has 0 aromatic heterocycles. The van der Waals surface area contributed by atoms with E-state index in [-0.39, 0.29) is 6.61 Å². The molecule has 0 amide bonds. The first kappa shape index (κ1) is 14.3. The highest BCUT2D eigenvalue weighted by Crippen LogP contribution is 2.05. The Balaban J connectivity index is 0.000000288. The molecule has 1 aliphatic heterocycles. The van der Waals surface area contributed by atoms with Gasteiger partial charge in [-0.05, 0) is 6.92 Å². The van der Waals surface area contributed by atoms with Crippen LogP contribution >= 0.6 is 0 Å². The molecule has 5 heteroatoms. The lowest BCUT2D eigenvalue weighted by molar-refractivity contribution is -0.915. The number of carbonyl (C=O) groups excluding carboxylic acids is 1. The van der Waals surface area contributed by atoms with Crippen LogP contribution in [-0.2, 0) is 14.3 Å². The van der Waals surface area contributed by atoms with Gasteiger partial charge in [0.15, 0.2) is 0 Å². The molecule has 5 nitrogen and oxygen atoms in total. The minimum Gasteiger partial charge on any atom is -0.548 e. The van der Waals surface area contributed by atoms with Crippen molar-refractivity contribution in [1.29, 1.82) is 0 Å². The smallest absolute Gasteiger partial charge is 0.102 e. The van der Waals surface area contributed by atoms with Gasteiger partial charge in [0.2, 0.25) is 0 Å². The van der Waals surface area contributed by atoms with Gasteiger partial charge in [0.1, 0.15) is 13.1 Å².